The minimum Gasteiger partial charge on any atom is -0.454 e. The second-order valence-electron chi connectivity index (χ2n) is 2.14. The Hall–Kier alpha value is -0.380. The SMILES string of the molecule is CSCOC1=NCCN1C. The number of aliphatic imine (C=N–C) groups is 1. The maximum Gasteiger partial charge on any atom is 0.287 e. The molecule has 0 aromatic heterocycles. The summed E-state index contributed by atoms with van der Waals surface area (Å²) in [5.74, 6) is 0.698. The van der Waals surface area contributed by atoms with Crippen LogP contribution < -0.4 is 0 Å². The van der Waals surface area contributed by atoms with E-state index in [-0.39, 0.29) is 0 Å². The smallest absolute Gasteiger partial charge is 0.287 e. The van der Waals surface area contributed by atoms with Crippen molar-refractivity contribution in [2.24, 2.45) is 4.99 Å². The lowest BCUT2D eigenvalue weighted by atomic mass is 10.6. The van der Waals surface area contributed by atoms with Crippen molar-refractivity contribution in [3.63, 3.8) is 0 Å². The summed E-state index contributed by atoms with van der Waals surface area (Å²) in [6.07, 6.45) is 2.01. The molecule has 3 nitrogen and oxygen atoms in total. The average molecular weight is 160 g/mol. The summed E-state index contributed by atoms with van der Waals surface area (Å²) in [6.45, 7) is 1.87. The van der Waals surface area contributed by atoms with Gasteiger partial charge in [0.15, 0.2) is 0 Å². The number of hydrogen-bond acceptors (Lipinski definition) is 4. The van der Waals surface area contributed by atoms with E-state index in [4.69, 9.17) is 4.74 Å². The molecule has 0 atom stereocenters. The highest BCUT2D eigenvalue weighted by Gasteiger charge is 2.12. The highest BCUT2D eigenvalue weighted by atomic mass is 32.2. The van der Waals surface area contributed by atoms with Gasteiger partial charge in [-0.1, -0.05) is 0 Å². The quantitative estimate of drug-likeness (QED) is 0.554. The molecule has 0 radical (unpaired) electrons. The van der Waals surface area contributed by atoms with Crippen LogP contribution in [0.5, 0.6) is 0 Å². The molecule has 0 aliphatic carbocycles. The van der Waals surface area contributed by atoms with Crippen molar-refractivity contribution in [3.05, 3.63) is 0 Å². The van der Waals surface area contributed by atoms with E-state index in [1.807, 2.05) is 18.2 Å². The minimum atomic E-state index is 0.698. The maximum atomic E-state index is 5.30. The Morgan fingerprint density at radius 1 is 1.80 bits per heavy atom. The zero-order valence-corrected chi connectivity index (χ0v) is 7.15. The Morgan fingerprint density at radius 3 is 3.10 bits per heavy atom. The van der Waals surface area contributed by atoms with Crippen molar-refractivity contribution in [3.8, 4) is 0 Å². The summed E-state index contributed by atoms with van der Waals surface area (Å²) in [6, 6.07) is 0.786. The van der Waals surface area contributed by atoms with Crippen LogP contribution in [0, 0.1) is 0 Å². The number of nitrogens with zero attached hydrogens (tertiary/aromatic N) is 2. The predicted octanol–water partition coefficient (Wildman–Crippen LogP) is 0.625. The second-order valence-corrected chi connectivity index (χ2v) is 2.95. The zero-order chi connectivity index (χ0) is 7.40. The van der Waals surface area contributed by atoms with Crippen molar-refractivity contribution in [2.75, 3.05) is 32.3 Å². The molecule has 0 aromatic carbocycles. The zero-order valence-electron chi connectivity index (χ0n) is 6.33. The third-order valence-corrected chi connectivity index (χ3v) is 1.67. The van der Waals surface area contributed by atoms with Gasteiger partial charge in [-0.15, -0.1) is 11.8 Å². The molecule has 0 aromatic rings. The first-order valence-electron chi connectivity index (χ1n) is 3.22. The molecule has 1 heterocycles. The van der Waals surface area contributed by atoms with Crippen molar-refractivity contribution in [1.82, 2.24) is 4.90 Å². The predicted molar refractivity (Wildman–Crippen MR) is 44.4 cm³/mol. The van der Waals surface area contributed by atoms with E-state index in [2.05, 4.69) is 4.99 Å². The molecule has 0 unspecified atom stereocenters. The van der Waals surface area contributed by atoms with Gasteiger partial charge in [0.1, 0.15) is 5.94 Å². The lowest BCUT2D eigenvalue weighted by Crippen LogP contribution is -2.24. The van der Waals surface area contributed by atoms with Crippen LogP contribution in [0.15, 0.2) is 4.99 Å². The van der Waals surface area contributed by atoms with Gasteiger partial charge in [-0.3, -0.25) is 0 Å². The Labute approximate surface area is 65.4 Å². The summed E-state index contributed by atoms with van der Waals surface area (Å²) >= 11 is 1.66. The van der Waals surface area contributed by atoms with Crippen LogP contribution in [0.4, 0.5) is 0 Å². The number of hydrogen-bond donors (Lipinski definition) is 0. The third-order valence-electron chi connectivity index (χ3n) is 1.31. The molecule has 0 fully saturated rings. The highest BCUT2D eigenvalue weighted by molar-refractivity contribution is 7.98. The summed E-state index contributed by atoms with van der Waals surface area (Å²) < 4.78 is 5.30. The number of amidine groups is 1. The molecule has 0 spiro atoms. The number of likely N-dealkylation sites (N-methyl/N-ethyl adjacent to an activating group) is 1. The largest absolute Gasteiger partial charge is 0.454 e. The van der Waals surface area contributed by atoms with Crippen LogP contribution in [-0.2, 0) is 4.74 Å². The Balaban J connectivity index is 2.26. The van der Waals surface area contributed by atoms with Crippen molar-refractivity contribution >= 4 is 17.8 Å². The van der Waals surface area contributed by atoms with Gasteiger partial charge in [-0.2, -0.15) is 0 Å². The molecule has 58 valence electrons. The van der Waals surface area contributed by atoms with Crippen LogP contribution in [0.2, 0.25) is 0 Å². The first-order valence-corrected chi connectivity index (χ1v) is 4.61. The Morgan fingerprint density at radius 2 is 2.60 bits per heavy atom. The standard InChI is InChI=1S/C6H12N2OS/c1-8-4-3-7-6(8)9-5-10-2/h3-5H2,1-2H3. The van der Waals surface area contributed by atoms with Gasteiger partial charge in [0.2, 0.25) is 0 Å². The molecule has 4 heteroatoms. The molecule has 1 aliphatic rings. The molecule has 0 saturated heterocycles. The molecule has 1 aliphatic heterocycles. The van der Waals surface area contributed by atoms with Crippen molar-refractivity contribution in [1.29, 1.82) is 0 Å². The maximum absolute atomic E-state index is 5.30. The first kappa shape index (κ1) is 7.72. The Kier molecular flexibility index (Phi) is 2.86. The van der Waals surface area contributed by atoms with Gasteiger partial charge < -0.3 is 9.64 Å². The summed E-state index contributed by atoms with van der Waals surface area (Å²) in [4.78, 5) is 6.19. The molecule has 0 amide bonds. The van der Waals surface area contributed by atoms with E-state index in [1.54, 1.807) is 11.8 Å². The van der Waals surface area contributed by atoms with Crippen LogP contribution in [0.25, 0.3) is 0 Å². The topological polar surface area (TPSA) is 24.8 Å². The molecule has 0 bridgehead atoms. The minimum absolute atomic E-state index is 0.698. The van der Waals surface area contributed by atoms with Gasteiger partial charge in [0.05, 0.1) is 6.54 Å². The number of ether oxygens (including phenoxy) is 1. The van der Waals surface area contributed by atoms with Gasteiger partial charge in [0, 0.05) is 13.6 Å². The monoisotopic (exact) mass is 160 g/mol. The summed E-state index contributed by atoms with van der Waals surface area (Å²) in [5, 5.41) is 0. The fourth-order valence-corrected chi connectivity index (χ4v) is 1.00. The molecule has 0 N–H and O–H groups in total. The van der Waals surface area contributed by atoms with E-state index in [0.717, 1.165) is 19.1 Å². The molecular formula is C6H12N2OS. The Bertz CT molecular complexity index is 138. The van der Waals surface area contributed by atoms with Crippen molar-refractivity contribution in [2.45, 2.75) is 0 Å². The normalized spacial score (nSPS) is 17.4. The molecule has 1 rings (SSSR count). The fraction of sp³-hybridized carbons (Fsp3) is 0.833. The molecular weight excluding hydrogens is 148 g/mol. The van der Waals surface area contributed by atoms with Crippen LogP contribution in [0.1, 0.15) is 0 Å². The lowest BCUT2D eigenvalue weighted by molar-refractivity contribution is 0.315. The van der Waals surface area contributed by atoms with Gasteiger partial charge in [-0.05, 0) is 6.26 Å². The number of thioether (sulfide) groups is 1. The van der Waals surface area contributed by atoms with E-state index >= 15 is 0 Å². The van der Waals surface area contributed by atoms with E-state index in [1.165, 1.54) is 0 Å². The fourth-order valence-electron chi connectivity index (χ4n) is 0.779. The first-order chi connectivity index (χ1) is 4.84. The number of rotatable bonds is 2. The second kappa shape index (κ2) is 3.71. The lowest BCUT2D eigenvalue weighted by Gasteiger charge is -2.12. The van der Waals surface area contributed by atoms with Gasteiger partial charge >= 0.3 is 0 Å². The molecule has 10 heavy (non-hydrogen) atoms. The van der Waals surface area contributed by atoms with Crippen molar-refractivity contribution < 1.29 is 4.74 Å². The molecule has 0 saturated carbocycles. The van der Waals surface area contributed by atoms with E-state index in [9.17, 15) is 0 Å². The van der Waals surface area contributed by atoms with Crippen LogP contribution in [0.3, 0.4) is 0 Å². The van der Waals surface area contributed by atoms with E-state index in [0.29, 0.717) is 5.94 Å². The van der Waals surface area contributed by atoms with Crippen LogP contribution in [-0.4, -0.2) is 43.3 Å². The highest BCUT2D eigenvalue weighted by Crippen LogP contribution is 2.02. The summed E-state index contributed by atoms with van der Waals surface area (Å²) in [5.41, 5.74) is 0. The van der Waals surface area contributed by atoms with Crippen LogP contribution >= 0.6 is 11.8 Å². The van der Waals surface area contributed by atoms with Gasteiger partial charge in [0.25, 0.3) is 6.02 Å². The van der Waals surface area contributed by atoms with E-state index < -0.39 is 0 Å². The summed E-state index contributed by atoms with van der Waals surface area (Å²) in [7, 11) is 1.99. The average Bonchev–Trinajstić information content (AvgIpc) is 2.31. The van der Waals surface area contributed by atoms with Gasteiger partial charge in [-0.25, -0.2) is 4.99 Å². The third kappa shape index (κ3) is 1.80.